The maximum absolute atomic E-state index is 11.9. The van der Waals surface area contributed by atoms with Crippen molar-refractivity contribution in [3.05, 3.63) is 11.6 Å². The summed E-state index contributed by atoms with van der Waals surface area (Å²) in [4.78, 5) is 0. The van der Waals surface area contributed by atoms with Gasteiger partial charge in [0.25, 0.3) is 0 Å². The van der Waals surface area contributed by atoms with Crippen molar-refractivity contribution in [2.75, 3.05) is 6.61 Å². The summed E-state index contributed by atoms with van der Waals surface area (Å²) in [5.74, 6) is 1.09. The summed E-state index contributed by atoms with van der Waals surface area (Å²) in [5.41, 5.74) is 0.962. The molecule has 192 valence electrons. The van der Waals surface area contributed by atoms with Gasteiger partial charge >= 0.3 is 0 Å². The van der Waals surface area contributed by atoms with Crippen LogP contribution in [0.1, 0.15) is 99.8 Å². The molecule has 2 saturated heterocycles. The molecule has 2 N–H and O–H groups in total. The van der Waals surface area contributed by atoms with E-state index < -0.39 is 11.4 Å². The summed E-state index contributed by atoms with van der Waals surface area (Å²) in [6.45, 7) is 16.9. The highest BCUT2D eigenvalue weighted by atomic mass is 16.7. The maximum Gasteiger partial charge on any atom is 0.175 e. The molecular formula is C30H48O4. The number of hydrogen-bond donors (Lipinski definition) is 2. The molecule has 34 heavy (non-hydrogen) atoms. The van der Waals surface area contributed by atoms with Crippen molar-refractivity contribution in [3.63, 3.8) is 0 Å². The number of ether oxygens (including phenoxy) is 2. The predicted octanol–water partition coefficient (Wildman–Crippen LogP) is 5.86. The normalized spacial score (nSPS) is 59.4. The second-order valence-corrected chi connectivity index (χ2v) is 15.0. The van der Waals surface area contributed by atoms with Crippen molar-refractivity contribution in [1.82, 2.24) is 0 Å². The van der Waals surface area contributed by atoms with Crippen molar-refractivity contribution >= 4 is 0 Å². The van der Waals surface area contributed by atoms with E-state index in [-0.39, 0.29) is 39.8 Å². The lowest BCUT2D eigenvalue weighted by Gasteiger charge is -2.70. The van der Waals surface area contributed by atoms with E-state index in [9.17, 15) is 10.2 Å². The van der Waals surface area contributed by atoms with Crippen LogP contribution in [-0.2, 0) is 9.47 Å². The van der Waals surface area contributed by atoms with E-state index in [0.29, 0.717) is 24.2 Å². The van der Waals surface area contributed by atoms with Crippen molar-refractivity contribution in [2.24, 2.45) is 45.3 Å². The summed E-state index contributed by atoms with van der Waals surface area (Å²) in [6, 6.07) is 0. The van der Waals surface area contributed by atoms with Gasteiger partial charge in [-0.05, 0) is 93.3 Å². The van der Waals surface area contributed by atoms with Crippen LogP contribution in [0, 0.1) is 45.3 Å². The van der Waals surface area contributed by atoms with Crippen LogP contribution in [0.4, 0.5) is 0 Å². The third-order valence-corrected chi connectivity index (χ3v) is 12.8. The fourth-order valence-corrected chi connectivity index (χ4v) is 11.6. The molecule has 4 saturated carbocycles. The Bertz CT molecular complexity index is 903. The third kappa shape index (κ3) is 2.70. The number of aliphatic hydroxyl groups excluding tert-OH is 1. The number of hydrogen-bond acceptors (Lipinski definition) is 4. The molecule has 2 spiro atoms. The first-order chi connectivity index (χ1) is 15.7. The SMILES string of the molecule is CC(C)=C[C@H]1C[C@](C)(O)[C@@H]2[C@H]3CC[C@@H]4[C@@]5(C)CC[C@H](O)C(C)(C)[C@@H]5CC[C@@]4(C)[C@@]34CO[C@@]2(C4)O1. The number of allylic oxidation sites excluding steroid dienone is 1. The van der Waals surface area contributed by atoms with Crippen LogP contribution in [0.3, 0.4) is 0 Å². The average Bonchev–Trinajstić information content (AvgIpc) is 3.22. The fraction of sp³-hybridized carbons (Fsp3) is 0.933. The molecule has 2 bridgehead atoms. The Kier molecular flexibility index (Phi) is 4.87. The zero-order valence-electron chi connectivity index (χ0n) is 22.6. The quantitative estimate of drug-likeness (QED) is 0.470. The Morgan fingerprint density at radius 2 is 1.68 bits per heavy atom. The van der Waals surface area contributed by atoms with Gasteiger partial charge in [-0.1, -0.05) is 39.3 Å². The molecule has 4 nitrogen and oxygen atoms in total. The molecule has 4 aliphatic carbocycles. The third-order valence-electron chi connectivity index (χ3n) is 12.8. The first-order valence-corrected chi connectivity index (χ1v) is 14.1. The molecule has 0 radical (unpaired) electrons. The minimum absolute atomic E-state index is 0.0236. The topological polar surface area (TPSA) is 58.9 Å². The molecule has 2 heterocycles. The minimum Gasteiger partial charge on any atom is -0.393 e. The summed E-state index contributed by atoms with van der Waals surface area (Å²) in [5, 5.41) is 22.8. The molecule has 0 aromatic heterocycles. The molecule has 6 fully saturated rings. The second-order valence-electron chi connectivity index (χ2n) is 15.0. The van der Waals surface area contributed by atoms with Crippen LogP contribution < -0.4 is 0 Å². The monoisotopic (exact) mass is 472 g/mol. The molecule has 11 atom stereocenters. The molecule has 0 amide bonds. The van der Waals surface area contributed by atoms with Gasteiger partial charge in [-0.3, -0.25) is 0 Å². The van der Waals surface area contributed by atoms with Crippen molar-refractivity contribution in [3.8, 4) is 0 Å². The molecule has 0 unspecified atom stereocenters. The van der Waals surface area contributed by atoms with Crippen LogP contribution in [0.5, 0.6) is 0 Å². The molecular weight excluding hydrogens is 424 g/mol. The van der Waals surface area contributed by atoms with Gasteiger partial charge < -0.3 is 19.7 Å². The molecule has 4 heteroatoms. The molecule has 0 aromatic carbocycles. The highest BCUT2D eigenvalue weighted by Crippen LogP contribution is 2.80. The molecule has 2 aliphatic heterocycles. The van der Waals surface area contributed by atoms with Gasteiger partial charge in [0.05, 0.1) is 24.4 Å². The van der Waals surface area contributed by atoms with E-state index in [1.54, 1.807) is 0 Å². The summed E-state index contributed by atoms with van der Waals surface area (Å²) in [7, 11) is 0. The smallest absolute Gasteiger partial charge is 0.175 e. The van der Waals surface area contributed by atoms with Gasteiger partial charge in [0, 0.05) is 24.2 Å². The van der Waals surface area contributed by atoms with Gasteiger partial charge in [0.1, 0.15) is 0 Å². The van der Waals surface area contributed by atoms with E-state index >= 15 is 0 Å². The summed E-state index contributed by atoms with van der Waals surface area (Å²) >= 11 is 0. The summed E-state index contributed by atoms with van der Waals surface area (Å²) < 4.78 is 13.6. The van der Waals surface area contributed by atoms with E-state index in [1.807, 2.05) is 0 Å². The van der Waals surface area contributed by atoms with E-state index in [0.717, 1.165) is 25.9 Å². The average molecular weight is 473 g/mol. The van der Waals surface area contributed by atoms with Crippen molar-refractivity contribution < 1.29 is 19.7 Å². The first kappa shape index (κ1) is 23.9. The number of fused-ring (bicyclic) bond motifs is 4. The predicted molar refractivity (Wildman–Crippen MR) is 133 cm³/mol. The van der Waals surface area contributed by atoms with E-state index in [1.165, 1.54) is 31.3 Å². The maximum atomic E-state index is 11.9. The van der Waals surface area contributed by atoms with Crippen molar-refractivity contribution in [2.45, 2.75) is 123 Å². The zero-order valence-corrected chi connectivity index (χ0v) is 22.6. The van der Waals surface area contributed by atoms with Crippen molar-refractivity contribution in [1.29, 1.82) is 0 Å². The first-order valence-electron chi connectivity index (χ1n) is 14.1. The van der Waals surface area contributed by atoms with Crippen LogP contribution in [0.25, 0.3) is 0 Å². The molecule has 6 rings (SSSR count). The lowest BCUT2D eigenvalue weighted by atomic mass is 9.35. The molecule has 0 aromatic rings. The highest BCUT2D eigenvalue weighted by Gasteiger charge is 2.80. The standard InChI is InChI=1S/C30H48O4/c1-18(2)14-19-15-28(7,32)24-20-8-9-22-26(5)12-11-23(31)25(3,4)21(26)10-13-27(22,6)29(20)16-30(24,34-19)33-17-29/h14,19-24,31-32H,8-13,15-17H2,1-7H3/t19-,20+,21-,22+,23-,24-,26-,27+,28-,29-,30-/m0/s1. The van der Waals surface area contributed by atoms with E-state index in [4.69, 9.17) is 9.47 Å². The lowest BCUT2D eigenvalue weighted by molar-refractivity contribution is -0.340. The van der Waals surface area contributed by atoms with Gasteiger partial charge in [0.15, 0.2) is 5.79 Å². The van der Waals surface area contributed by atoms with Crippen LogP contribution >= 0.6 is 0 Å². The van der Waals surface area contributed by atoms with Gasteiger partial charge in [0.2, 0.25) is 0 Å². The van der Waals surface area contributed by atoms with Gasteiger partial charge in [-0.2, -0.15) is 0 Å². The Morgan fingerprint density at radius 3 is 2.38 bits per heavy atom. The zero-order chi connectivity index (χ0) is 24.5. The Balaban J connectivity index is 1.41. The Morgan fingerprint density at radius 1 is 0.941 bits per heavy atom. The van der Waals surface area contributed by atoms with Gasteiger partial charge in [-0.15, -0.1) is 0 Å². The van der Waals surface area contributed by atoms with Crippen LogP contribution in [-0.4, -0.2) is 40.4 Å². The summed E-state index contributed by atoms with van der Waals surface area (Å²) in [6.07, 6.45) is 10.4. The van der Waals surface area contributed by atoms with Crippen LogP contribution in [0.2, 0.25) is 0 Å². The number of rotatable bonds is 1. The Hall–Kier alpha value is -0.420. The second kappa shape index (κ2) is 6.91. The van der Waals surface area contributed by atoms with Crippen LogP contribution in [0.15, 0.2) is 11.6 Å². The largest absolute Gasteiger partial charge is 0.393 e. The van der Waals surface area contributed by atoms with Gasteiger partial charge in [-0.25, -0.2) is 0 Å². The number of aliphatic hydroxyl groups is 2. The minimum atomic E-state index is -0.775. The fourth-order valence-electron chi connectivity index (χ4n) is 11.6. The Labute approximate surface area is 206 Å². The highest BCUT2D eigenvalue weighted by molar-refractivity contribution is 5.26. The van der Waals surface area contributed by atoms with E-state index in [2.05, 4.69) is 54.5 Å². The lowest BCUT2D eigenvalue weighted by Crippen LogP contribution is -2.67. The molecule has 6 aliphatic rings.